The summed E-state index contributed by atoms with van der Waals surface area (Å²) in [5.41, 5.74) is 0.122. The maximum atomic E-state index is 12.2. The summed E-state index contributed by atoms with van der Waals surface area (Å²) >= 11 is 0. The lowest BCUT2D eigenvalue weighted by Crippen LogP contribution is -2.40. The van der Waals surface area contributed by atoms with Gasteiger partial charge in [0, 0.05) is 11.6 Å². The Bertz CT molecular complexity index is 713. The molecule has 132 valence electrons. The lowest BCUT2D eigenvalue weighted by molar-refractivity contribution is -0.139. The minimum atomic E-state index is -3.66. The third kappa shape index (κ3) is 5.04. The van der Waals surface area contributed by atoms with Crippen molar-refractivity contribution in [1.82, 2.24) is 10.0 Å². The van der Waals surface area contributed by atoms with Gasteiger partial charge in [0.2, 0.25) is 10.0 Å². The molecule has 1 fully saturated rings. The van der Waals surface area contributed by atoms with E-state index in [4.69, 9.17) is 5.11 Å². The molecule has 3 N–H and O–H groups in total. The molecule has 2 rings (SSSR count). The van der Waals surface area contributed by atoms with E-state index >= 15 is 0 Å². The van der Waals surface area contributed by atoms with Crippen LogP contribution in [0.4, 0.5) is 0 Å². The number of amides is 1. The first-order chi connectivity index (χ1) is 11.3. The van der Waals surface area contributed by atoms with Gasteiger partial charge in [-0.1, -0.05) is 25.8 Å². The van der Waals surface area contributed by atoms with Crippen LogP contribution in [0.3, 0.4) is 0 Å². The number of hydrogen-bond donors (Lipinski definition) is 3. The minimum Gasteiger partial charge on any atom is -0.480 e. The van der Waals surface area contributed by atoms with E-state index in [0.29, 0.717) is 12.8 Å². The lowest BCUT2D eigenvalue weighted by Gasteiger charge is -2.14. The average Bonchev–Trinajstić information content (AvgIpc) is 3.34. The molecule has 0 bridgehead atoms. The van der Waals surface area contributed by atoms with Crippen LogP contribution in [-0.4, -0.2) is 37.5 Å². The first-order valence-corrected chi connectivity index (χ1v) is 9.48. The van der Waals surface area contributed by atoms with Gasteiger partial charge in [-0.05, 0) is 37.5 Å². The Kier molecular flexibility index (Phi) is 5.95. The summed E-state index contributed by atoms with van der Waals surface area (Å²) in [6.07, 6.45) is 3.46. The van der Waals surface area contributed by atoms with E-state index in [0.717, 1.165) is 19.3 Å². The fourth-order valence-electron chi connectivity index (χ4n) is 2.20. The van der Waals surface area contributed by atoms with Gasteiger partial charge < -0.3 is 10.4 Å². The normalized spacial score (nSPS) is 15.7. The lowest BCUT2D eigenvalue weighted by atomic mass is 10.1. The highest BCUT2D eigenvalue weighted by atomic mass is 32.2. The highest BCUT2D eigenvalue weighted by Crippen LogP contribution is 2.22. The van der Waals surface area contributed by atoms with E-state index in [1.54, 1.807) is 0 Å². The van der Waals surface area contributed by atoms with Gasteiger partial charge in [-0.15, -0.1) is 0 Å². The van der Waals surface area contributed by atoms with E-state index in [-0.39, 0.29) is 16.5 Å². The Morgan fingerprint density at radius 3 is 2.62 bits per heavy atom. The van der Waals surface area contributed by atoms with E-state index in [1.165, 1.54) is 24.3 Å². The van der Waals surface area contributed by atoms with Gasteiger partial charge in [0.15, 0.2) is 0 Å². The van der Waals surface area contributed by atoms with Crippen LogP contribution in [0.2, 0.25) is 0 Å². The van der Waals surface area contributed by atoms with E-state index in [1.807, 2.05) is 6.92 Å². The van der Waals surface area contributed by atoms with Gasteiger partial charge >= 0.3 is 5.97 Å². The van der Waals surface area contributed by atoms with Gasteiger partial charge in [0.1, 0.15) is 6.04 Å². The SMILES string of the molecule is CCCC[C@H](NC(=O)c1cccc(S(=O)(=O)NC2CC2)c1)C(=O)O. The van der Waals surface area contributed by atoms with Gasteiger partial charge in [0.05, 0.1) is 4.90 Å². The number of sulfonamides is 1. The molecule has 1 aliphatic rings. The molecule has 0 heterocycles. The summed E-state index contributed by atoms with van der Waals surface area (Å²) in [6.45, 7) is 1.93. The molecule has 7 nitrogen and oxygen atoms in total. The number of carbonyl (C=O) groups excluding carboxylic acids is 1. The molecule has 1 aliphatic carbocycles. The number of rotatable bonds is 9. The molecule has 0 radical (unpaired) electrons. The Hall–Kier alpha value is -1.93. The number of benzene rings is 1. The molecule has 1 aromatic carbocycles. The first kappa shape index (κ1) is 18.4. The summed E-state index contributed by atoms with van der Waals surface area (Å²) in [5.74, 6) is -1.70. The third-order valence-corrected chi connectivity index (χ3v) is 5.27. The number of carboxylic acids is 1. The summed E-state index contributed by atoms with van der Waals surface area (Å²) in [5, 5.41) is 11.6. The van der Waals surface area contributed by atoms with Crippen LogP contribution in [0.5, 0.6) is 0 Å². The molecule has 1 saturated carbocycles. The second kappa shape index (κ2) is 7.76. The van der Waals surface area contributed by atoms with Gasteiger partial charge in [-0.2, -0.15) is 0 Å². The molecule has 0 saturated heterocycles. The van der Waals surface area contributed by atoms with Crippen molar-refractivity contribution >= 4 is 21.9 Å². The number of carboxylic acid groups (broad SMARTS) is 1. The zero-order valence-corrected chi connectivity index (χ0v) is 14.3. The van der Waals surface area contributed by atoms with Crippen LogP contribution in [0, 0.1) is 0 Å². The standard InChI is InChI=1S/C16H22N2O5S/c1-2-3-7-14(16(20)21)17-15(19)11-5-4-6-13(10-11)24(22,23)18-12-8-9-12/h4-6,10,12,14,18H,2-3,7-9H2,1H3,(H,17,19)(H,20,21)/t14-/m0/s1. The van der Waals surface area contributed by atoms with E-state index in [9.17, 15) is 18.0 Å². The maximum absolute atomic E-state index is 12.2. The number of carbonyl (C=O) groups is 2. The van der Waals surface area contributed by atoms with Crippen LogP contribution in [-0.2, 0) is 14.8 Å². The largest absolute Gasteiger partial charge is 0.480 e. The Balaban J connectivity index is 2.11. The first-order valence-electron chi connectivity index (χ1n) is 7.99. The van der Waals surface area contributed by atoms with Crippen LogP contribution in [0.15, 0.2) is 29.2 Å². The predicted molar refractivity (Wildman–Crippen MR) is 88.2 cm³/mol. The van der Waals surface area contributed by atoms with Crippen LogP contribution < -0.4 is 10.0 Å². The van der Waals surface area contributed by atoms with Crippen molar-refractivity contribution in [2.24, 2.45) is 0 Å². The Morgan fingerprint density at radius 1 is 1.33 bits per heavy atom. The summed E-state index contributed by atoms with van der Waals surface area (Å²) in [4.78, 5) is 23.5. The minimum absolute atomic E-state index is 0.00230. The number of aliphatic carboxylic acids is 1. The summed E-state index contributed by atoms with van der Waals surface area (Å²) in [6, 6.07) is 4.59. The molecule has 0 spiro atoms. The second-order valence-electron chi connectivity index (χ2n) is 5.93. The van der Waals surface area contributed by atoms with Gasteiger partial charge in [0.25, 0.3) is 5.91 Å². The molecule has 0 aromatic heterocycles. The Labute approximate surface area is 141 Å². The topological polar surface area (TPSA) is 113 Å². The van der Waals surface area contributed by atoms with Crippen molar-refractivity contribution in [3.8, 4) is 0 Å². The number of hydrogen-bond acceptors (Lipinski definition) is 4. The van der Waals surface area contributed by atoms with E-state index in [2.05, 4.69) is 10.0 Å². The molecule has 1 amide bonds. The highest BCUT2D eigenvalue weighted by Gasteiger charge is 2.28. The predicted octanol–water partition coefficient (Wildman–Crippen LogP) is 1.50. The molecule has 24 heavy (non-hydrogen) atoms. The van der Waals surface area contributed by atoms with E-state index < -0.39 is 27.9 Å². The van der Waals surface area contributed by atoms with Crippen LogP contribution in [0.25, 0.3) is 0 Å². The van der Waals surface area contributed by atoms with Crippen molar-refractivity contribution in [3.63, 3.8) is 0 Å². The zero-order valence-electron chi connectivity index (χ0n) is 13.5. The van der Waals surface area contributed by atoms with Gasteiger partial charge in [-0.3, -0.25) is 4.79 Å². The fourth-order valence-corrected chi connectivity index (χ4v) is 3.55. The zero-order chi connectivity index (χ0) is 17.7. The third-order valence-electron chi connectivity index (χ3n) is 3.76. The fraction of sp³-hybridized carbons (Fsp3) is 0.500. The smallest absolute Gasteiger partial charge is 0.326 e. The molecule has 0 unspecified atom stereocenters. The number of unbranched alkanes of at least 4 members (excludes halogenated alkanes) is 1. The molecule has 1 aromatic rings. The summed E-state index contributed by atoms with van der Waals surface area (Å²) < 4.78 is 26.9. The van der Waals surface area contributed by atoms with Crippen molar-refractivity contribution in [1.29, 1.82) is 0 Å². The maximum Gasteiger partial charge on any atom is 0.326 e. The van der Waals surface area contributed by atoms with Crippen molar-refractivity contribution in [2.75, 3.05) is 0 Å². The summed E-state index contributed by atoms with van der Waals surface area (Å²) in [7, 11) is -3.66. The molecule has 8 heteroatoms. The van der Waals surface area contributed by atoms with Crippen LogP contribution in [0.1, 0.15) is 49.4 Å². The number of nitrogens with one attached hydrogen (secondary N) is 2. The quantitative estimate of drug-likeness (QED) is 0.622. The Morgan fingerprint density at radius 2 is 2.04 bits per heavy atom. The van der Waals surface area contributed by atoms with Crippen LogP contribution >= 0.6 is 0 Å². The highest BCUT2D eigenvalue weighted by molar-refractivity contribution is 7.89. The molecular weight excluding hydrogens is 332 g/mol. The molecule has 1 atom stereocenters. The molecular formula is C16H22N2O5S. The monoisotopic (exact) mass is 354 g/mol. The average molecular weight is 354 g/mol. The van der Waals surface area contributed by atoms with Crippen molar-refractivity contribution in [3.05, 3.63) is 29.8 Å². The van der Waals surface area contributed by atoms with Crippen molar-refractivity contribution < 1.29 is 23.1 Å². The second-order valence-corrected chi connectivity index (χ2v) is 7.64. The van der Waals surface area contributed by atoms with Gasteiger partial charge in [-0.25, -0.2) is 17.9 Å². The molecule has 0 aliphatic heterocycles. The van der Waals surface area contributed by atoms with Crippen molar-refractivity contribution in [2.45, 2.75) is 56.0 Å².